The van der Waals surface area contributed by atoms with Gasteiger partial charge in [0.1, 0.15) is 17.2 Å². The summed E-state index contributed by atoms with van der Waals surface area (Å²) in [6.07, 6.45) is -1.79. The maximum absolute atomic E-state index is 12.2. The van der Waals surface area contributed by atoms with Crippen LogP contribution in [0.15, 0.2) is 84.9 Å². The van der Waals surface area contributed by atoms with E-state index < -0.39 is 6.36 Å². The molecule has 3 aromatic rings. The highest BCUT2D eigenvalue weighted by Gasteiger charge is 2.30. The lowest BCUT2D eigenvalue weighted by atomic mass is 10.1. The standard InChI is InChI=1S/C22H15F3O3/c23-22(24,25)28-20-13-9-17(10-14-20)21(26)15-8-16-6-11-19(12-7-16)27-18-4-2-1-3-5-18/h1-15H. The molecule has 0 fully saturated rings. The molecule has 0 radical (unpaired) electrons. The first kappa shape index (κ1) is 19.2. The number of benzene rings is 3. The Morgan fingerprint density at radius 1 is 0.750 bits per heavy atom. The van der Waals surface area contributed by atoms with Gasteiger partial charge in [-0.05, 0) is 60.2 Å². The molecule has 142 valence electrons. The molecule has 0 unspecified atom stereocenters. The van der Waals surface area contributed by atoms with Crippen LogP contribution in [0.5, 0.6) is 17.2 Å². The van der Waals surface area contributed by atoms with Crippen LogP contribution in [0.3, 0.4) is 0 Å². The lowest BCUT2D eigenvalue weighted by Crippen LogP contribution is -2.17. The first-order valence-corrected chi connectivity index (χ1v) is 8.30. The van der Waals surface area contributed by atoms with Crippen molar-refractivity contribution in [3.8, 4) is 17.2 Å². The highest BCUT2D eigenvalue weighted by Crippen LogP contribution is 2.23. The third-order valence-electron chi connectivity index (χ3n) is 3.66. The van der Waals surface area contributed by atoms with Gasteiger partial charge in [-0.3, -0.25) is 4.79 Å². The summed E-state index contributed by atoms with van der Waals surface area (Å²) in [5.41, 5.74) is 1.04. The molecule has 0 amide bonds. The van der Waals surface area contributed by atoms with Crippen LogP contribution >= 0.6 is 0 Å². The van der Waals surface area contributed by atoms with E-state index in [0.717, 1.165) is 23.4 Å². The van der Waals surface area contributed by atoms with Crippen LogP contribution in [0.1, 0.15) is 15.9 Å². The van der Waals surface area contributed by atoms with E-state index in [9.17, 15) is 18.0 Å². The van der Waals surface area contributed by atoms with E-state index in [1.54, 1.807) is 30.3 Å². The van der Waals surface area contributed by atoms with Crippen LogP contribution in [0.25, 0.3) is 6.08 Å². The Morgan fingerprint density at radius 3 is 1.93 bits per heavy atom. The molecule has 3 aromatic carbocycles. The molecule has 28 heavy (non-hydrogen) atoms. The van der Waals surface area contributed by atoms with Gasteiger partial charge in [-0.25, -0.2) is 0 Å². The molecule has 0 aliphatic carbocycles. The molecule has 3 nitrogen and oxygen atoms in total. The Balaban J connectivity index is 1.60. The van der Waals surface area contributed by atoms with E-state index in [4.69, 9.17) is 4.74 Å². The minimum atomic E-state index is -4.76. The van der Waals surface area contributed by atoms with E-state index in [-0.39, 0.29) is 17.1 Å². The van der Waals surface area contributed by atoms with Crippen LogP contribution < -0.4 is 9.47 Å². The lowest BCUT2D eigenvalue weighted by molar-refractivity contribution is -0.274. The van der Waals surface area contributed by atoms with E-state index in [2.05, 4.69) is 4.74 Å². The van der Waals surface area contributed by atoms with Gasteiger partial charge in [0.05, 0.1) is 0 Å². The van der Waals surface area contributed by atoms with Crippen molar-refractivity contribution < 1.29 is 27.4 Å². The molecule has 0 saturated heterocycles. The van der Waals surface area contributed by atoms with Crippen molar-refractivity contribution in [3.63, 3.8) is 0 Å². The van der Waals surface area contributed by atoms with E-state index in [0.29, 0.717) is 5.75 Å². The summed E-state index contributed by atoms with van der Waals surface area (Å²) >= 11 is 0. The predicted molar refractivity (Wildman–Crippen MR) is 99.4 cm³/mol. The highest BCUT2D eigenvalue weighted by molar-refractivity contribution is 6.06. The van der Waals surface area contributed by atoms with E-state index >= 15 is 0 Å². The fourth-order valence-corrected chi connectivity index (χ4v) is 2.36. The molecule has 0 aliphatic rings. The average Bonchev–Trinajstić information content (AvgIpc) is 2.67. The first-order valence-electron chi connectivity index (χ1n) is 8.30. The number of carbonyl (C=O) groups excluding carboxylic acids is 1. The number of ether oxygens (including phenoxy) is 2. The molecule has 0 aliphatic heterocycles. The summed E-state index contributed by atoms with van der Waals surface area (Å²) < 4.78 is 45.9. The molecular weight excluding hydrogens is 369 g/mol. The van der Waals surface area contributed by atoms with Crippen molar-refractivity contribution in [2.75, 3.05) is 0 Å². The second-order valence-electron chi connectivity index (χ2n) is 5.75. The van der Waals surface area contributed by atoms with Crippen molar-refractivity contribution in [1.82, 2.24) is 0 Å². The van der Waals surface area contributed by atoms with Crippen molar-refractivity contribution in [3.05, 3.63) is 96.1 Å². The summed E-state index contributed by atoms with van der Waals surface area (Å²) in [5.74, 6) is 0.680. The Labute approximate surface area is 159 Å². The van der Waals surface area contributed by atoms with Crippen LogP contribution in [-0.4, -0.2) is 12.1 Å². The number of carbonyl (C=O) groups is 1. The fourth-order valence-electron chi connectivity index (χ4n) is 2.36. The van der Waals surface area contributed by atoms with Crippen LogP contribution in [-0.2, 0) is 0 Å². The number of alkyl halides is 3. The summed E-state index contributed by atoms with van der Waals surface area (Å²) in [4.78, 5) is 12.1. The van der Waals surface area contributed by atoms with Crippen LogP contribution in [0.4, 0.5) is 13.2 Å². The molecule has 6 heteroatoms. The molecule has 0 aromatic heterocycles. The number of para-hydroxylation sites is 1. The molecule has 0 bridgehead atoms. The second-order valence-corrected chi connectivity index (χ2v) is 5.75. The zero-order valence-electron chi connectivity index (χ0n) is 14.5. The highest BCUT2D eigenvalue weighted by atomic mass is 19.4. The van der Waals surface area contributed by atoms with Gasteiger partial charge >= 0.3 is 6.36 Å². The minimum Gasteiger partial charge on any atom is -0.457 e. The minimum absolute atomic E-state index is 0.259. The zero-order chi connectivity index (χ0) is 20.0. The molecule has 0 atom stereocenters. The van der Waals surface area contributed by atoms with Gasteiger partial charge in [-0.15, -0.1) is 13.2 Å². The van der Waals surface area contributed by atoms with Gasteiger partial charge in [0.25, 0.3) is 0 Å². The van der Waals surface area contributed by atoms with Gasteiger partial charge in [-0.2, -0.15) is 0 Å². The molecule has 3 rings (SSSR count). The zero-order valence-corrected chi connectivity index (χ0v) is 14.5. The smallest absolute Gasteiger partial charge is 0.457 e. The van der Waals surface area contributed by atoms with Crippen LogP contribution in [0.2, 0.25) is 0 Å². The SMILES string of the molecule is O=C(C=Cc1ccc(Oc2ccccc2)cc1)c1ccc(OC(F)(F)F)cc1. The number of allylic oxidation sites excluding steroid dienone is 1. The number of ketones is 1. The van der Waals surface area contributed by atoms with Crippen molar-refractivity contribution in [1.29, 1.82) is 0 Å². The van der Waals surface area contributed by atoms with Crippen molar-refractivity contribution in [2.45, 2.75) is 6.36 Å². The molecule has 0 N–H and O–H groups in total. The topological polar surface area (TPSA) is 35.5 Å². The second kappa shape index (κ2) is 8.43. The maximum atomic E-state index is 12.2. The van der Waals surface area contributed by atoms with E-state index in [1.165, 1.54) is 18.2 Å². The Morgan fingerprint density at radius 2 is 1.32 bits per heavy atom. The molecule has 0 saturated carbocycles. The Hall–Kier alpha value is -3.54. The number of halogens is 3. The third kappa shape index (κ3) is 5.74. The van der Waals surface area contributed by atoms with Gasteiger partial charge < -0.3 is 9.47 Å². The average molecular weight is 384 g/mol. The molecule has 0 spiro atoms. The fraction of sp³-hybridized carbons (Fsp3) is 0.0455. The molecule has 0 heterocycles. The largest absolute Gasteiger partial charge is 0.573 e. The summed E-state index contributed by atoms with van der Waals surface area (Å²) in [6, 6.07) is 21.2. The summed E-state index contributed by atoms with van der Waals surface area (Å²) in [7, 11) is 0. The first-order chi connectivity index (χ1) is 13.4. The van der Waals surface area contributed by atoms with E-state index in [1.807, 2.05) is 30.3 Å². The van der Waals surface area contributed by atoms with Gasteiger partial charge in [0, 0.05) is 5.56 Å². The number of hydrogen-bond acceptors (Lipinski definition) is 3. The van der Waals surface area contributed by atoms with Crippen molar-refractivity contribution >= 4 is 11.9 Å². The maximum Gasteiger partial charge on any atom is 0.573 e. The summed E-state index contributed by atoms with van der Waals surface area (Å²) in [6.45, 7) is 0. The lowest BCUT2D eigenvalue weighted by Gasteiger charge is -2.08. The molecular formula is C22H15F3O3. The van der Waals surface area contributed by atoms with Gasteiger partial charge in [0.2, 0.25) is 0 Å². The van der Waals surface area contributed by atoms with Gasteiger partial charge in [-0.1, -0.05) is 36.4 Å². The van der Waals surface area contributed by atoms with Crippen molar-refractivity contribution in [2.24, 2.45) is 0 Å². The monoisotopic (exact) mass is 384 g/mol. The predicted octanol–water partition coefficient (Wildman–Crippen LogP) is 6.27. The van der Waals surface area contributed by atoms with Gasteiger partial charge in [0.15, 0.2) is 5.78 Å². The quantitative estimate of drug-likeness (QED) is 0.371. The summed E-state index contributed by atoms with van der Waals surface area (Å²) in [5, 5.41) is 0. The Kier molecular flexibility index (Phi) is 5.79. The number of rotatable bonds is 6. The number of hydrogen-bond donors (Lipinski definition) is 0. The third-order valence-corrected chi connectivity index (χ3v) is 3.66. The van der Waals surface area contributed by atoms with Crippen LogP contribution in [0, 0.1) is 0 Å². The Bertz CT molecular complexity index is 945. The normalized spacial score (nSPS) is 11.4.